The summed E-state index contributed by atoms with van der Waals surface area (Å²) in [7, 11) is 0. The number of hydrogen-bond donors (Lipinski definition) is 1. The van der Waals surface area contributed by atoms with E-state index >= 15 is 0 Å². The first-order chi connectivity index (χ1) is 15.6. The van der Waals surface area contributed by atoms with Gasteiger partial charge in [-0.2, -0.15) is 5.26 Å². The highest BCUT2D eigenvalue weighted by molar-refractivity contribution is 5.94. The SMILES string of the molecule is N#Cc1ccc(C(c2cccnc2)N2CCC(NC(=O)c3cccc(F)c3F)CC2)cc1. The molecule has 2 aromatic carbocycles. The third kappa shape index (κ3) is 4.66. The number of nitrogens with one attached hydrogen (secondary N) is 1. The smallest absolute Gasteiger partial charge is 0.254 e. The molecule has 1 amide bonds. The Labute approximate surface area is 185 Å². The normalized spacial score (nSPS) is 15.7. The molecule has 1 aromatic heterocycles. The fourth-order valence-corrected chi connectivity index (χ4v) is 4.14. The molecule has 2 heterocycles. The molecule has 1 N–H and O–H groups in total. The Morgan fingerprint density at radius 2 is 1.81 bits per heavy atom. The van der Waals surface area contributed by atoms with Gasteiger partial charge in [0.1, 0.15) is 0 Å². The van der Waals surface area contributed by atoms with Crippen molar-refractivity contribution in [2.45, 2.75) is 24.9 Å². The lowest BCUT2D eigenvalue weighted by Crippen LogP contribution is -2.46. The van der Waals surface area contributed by atoms with Crippen LogP contribution in [0.5, 0.6) is 0 Å². The van der Waals surface area contributed by atoms with Crippen LogP contribution in [0.25, 0.3) is 0 Å². The number of hydrogen-bond acceptors (Lipinski definition) is 4. The summed E-state index contributed by atoms with van der Waals surface area (Å²) in [6.45, 7) is 1.41. The summed E-state index contributed by atoms with van der Waals surface area (Å²) >= 11 is 0. The summed E-state index contributed by atoms with van der Waals surface area (Å²) < 4.78 is 27.4. The molecule has 1 aliphatic heterocycles. The summed E-state index contributed by atoms with van der Waals surface area (Å²) in [6, 6.07) is 17.0. The van der Waals surface area contributed by atoms with E-state index < -0.39 is 17.5 Å². The van der Waals surface area contributed by atoms with E-state index in [0.29, 0.717) is 31.5 Å². The molecule has 0 radical (unpaired) electrons. The second kappa shape index (κ2) is 9.67. The van der Waals surface area contributed by atoms with Crippen LogP contribution in [0.3, 0.4) is 0 Å². The van der Waals surface area contributed by atoms with Gasteiger partial charge >= 0.3 is 0 Å². The Hall–Kier alpha value is -3.63. The Morgan fingerprint density at radius 3 is 2.47 bits per heavy atom. The molecule has 0 aliphatic carbocycles. The van der Waals surface area contributed by atoms with Crippen molar-refractivity contribution in [1.82, 2.24) is 15.2 Å². The van der Waals surface area contributed by atoms with E-state index in [-0.39, 0.29) is 17.6 Å². The van der Waals surface area contributed by atoms with Gasteiger partial charge in [-0.3, -0.25) is 14.7 Å². The molecule has 5 nitrogen and oxygen atoms in total. The molecule has 1 atom stereocenters. The number of aromatic nitrogens is 1. The molecule has 7 heteroatoms. The van der Waals surface area contributed by atoms with Crippen molar-refractivity contribution in [2.24, 2.45) is 0 Å². The zero-order valence-corrected chi connectivity index (χ0v) is 17.3. The van der Waals surface area contributed by atoms with Crippen LogP contribution >= 0.6 is 0 Å². The standard InChI is InChI=1S/C25H22F2N4O/c26-22-5-1-4-21(23(22)27)25(32)30-20-10-13-31(14-11-20)24(19-3-2-12-29-16-19)18-8-6-17(15-28)7-9-18/h1-9,12,16,20,24H,10-11,13-14H2,(H,30,32). The highest BCUT2D eigenvalue weighted by Crippen LogP contribution is 2.31. The molecular weight excluding hydrogens is 410 g/mol. The molecular formula is C25H22F2N4O. The molecule has 0 bridgehead atoms. The number of benzene rings is 2. The van der Waals surface area contributed by atoms with Gasteiger partial charge in [-0.15, -0.1) is 0 Å². The highest BCUT2D eigenvalue weighted by Gasteiger charge is 2.29. The number of nitriles is 1. The van der Waals surface area contributed by atoms with Gasteiger partial charge in [0, 0.05) is 31.5 Å². The number of pyridine rings is 1. The number of nitrogens with zero attached hydrogens (tertiary/aromatic N) is 3. The zero-order chi connectivity index (χ0) is 22.5. The maximum atomic E-state index is 13.9. The van der Waals surface area contributed by atoms with Crippen LogP contribution in [0.4, 0.5) is 8.78 Å². The number of carbonyl (C=O) groups excluding carboxylic acids is 1. The minimum absolute atomic E-state index is 0.0336. The fourth-order valence-electron chi connectivity index (χ4n) is 4.14. The maximum absolute atomic E-state index is 13.9. The summed E-state index contributed by atoms with van der Waals surface area (Å²) in [4.78, 5) is 19.0. The number of carbonyl (C=O) groups is 1. The minimum Gasteiger partial charge on any atom is -0.349 e. The first-order valence-electron chi connectivity index (χ1n) is 10.5. The van der Waals surface area contributed by atoms with Gasteiger partial charge in [0.25, 0.3) is 5.91 Å². The fraction of sp³-hybridized carbons (Fsp3) is 0.240. The molecule has 1 aliphatic rings. The third-order valence-electron chi connectivity index (χ3n) is 5.78. The molecule has 162 valence electrons. The van der Waals surface area contributed by atoms with Gasteiger partial charge in [0.2, 0.25) is 0 Å². The predicted octanol–water partition coefficient (Wildman–Crippen LogP) is 4.22. The number of likely N-dealkylation sites (tertiary alicyclic amines) is 1. The maximum Gasteiger partial charge on any atom is 0.254 e. The first kappa shape index (κ1) is 21.6. The zero-order valence-electron chi connectivity index (χ0n) is 17.3. The van der Waals surface area contributed by atoms with Crippen LogP contribution in [0.15, 0.2) is 67.0 Å². The summed E-state index contributed by atoms with van der Waals surface area (Å²) in [5, 5.41) is 11.9. The Kier molecular flexibility index (Phi) is 6.52. The van der Waals surface area contributed by atoms with Gasteiger partial charge in [0.05, 0.1) is 23.2 Å². The lowest BCUT2D eigenvalue weighted by Gasteiger charge is -2.38. The molecule has 1 fully saturated rings. The molecule has 1 saturated heterocycles. The van der Waals surface area contributed by atoms with Crippen molar-refractivity contribution in [3.63, 3.8) is 0 Å². The van der Waals surface area contributed by atoms with Crippen molar-refractivity contribution in [2.75, 3.05) is 13.1 Å². The second-order valence-electron chi connectivity index (χ2n) is 7.81. The van der Waals surface area contributed by atoms with Crippen molar-refractivity contribution < 1.29 is 13.6 Å². The Bertz CT molecular complexity index is 1120. The van der Waals surface area contributed by atoms with E-state index in [4.69, 9.17) is 5.26 Å². The summed E-state index contributed by atoms with van der Waals surface area (Å²) in [5.74, 6) is -2.76. The minimum atomic E-state index is -1.13. The van der Waals surface area contributed by atoms with Crippen molar-refractivity contribution >= 4 is 5.91 Å². The molecule has 0 saturated carbocycles. The van der Waals surface area contributed by atoms with E-state index in [1.807, 2.05) is 30.5 Å². The molecule has 4 rings (SSSR count). The average molecular weight is 432 g/mol. The van der Waals surface area contributed by atoms with E-state index in [1.165, 1.54) is 12.1 Å². The molecule has 0 spiro atoms. The predicted molar refractivity (Wildman–Crippen MR) is 116 cm³/mol. The molecule has 32 heavy (non-hydrogen) atoms. The van der Waals surface area contributed by atoms with Crippen molar-refractivity contribution in [3.05, 3.63) is 101 Å². The number of piperidine rings is 1. The van der Waals surface area contributed by atoms with Crippen LogP contribution in [-0.2, 0) is 0 Å². The monoisotopic (exact) mass is 432 g/mol. The van der Waals surface area contributed by atoms with Gasteiger partial charge in [-0.1, -0.05) is 24.3 Å². The number of halogens is 2. The van der Waals surface area contributed by atoms with Gasteiger partial charge < -0.3 is 5.32 Å². The summed E-state index contributed by atoms with van der Waals surface area (Å²) in [5.41, 5.74) is 2.42. The van der Waals surface area contributed by atoms with Gasteiger partial charge in [-0.05, 0) is 54.3 Å². The average Bonchev–Trinajstić information content (AvgIpc) is 2.83. The number of rotatable bonds is 5. The van der Waals surface area contributed by atoms with E-state index in [0.717, 1.165) is 17.2 Å². The topological polar surface area (TPSA) is 69.0 Å². The van der Waals surface area contributed by atoms with E-state index in [9.17, 15) is 13.6 Å². The van der Waals surface area contributed by atoms with E-state index in [1.54, 1.807) is 18.3 Å². The van der Waals surface area contributed by atoms with Crippen molar-refractivity contribution in [1.29, 1.82) is 5.26 Å². The Balaban J connectivity index is 1.47. The van der Waals surface area contributed by atoms with Crippen molar-refractivity contribution in [3.8, 4) is 6.07 Å². The van der Waals surface area contributed by atoms with Gasteiger partial charge in [-0.25, -0.2) is 8.78 Å². The van der Waals surface area contributed by atoms with Crippen LogP contribution in [-0.4, -0.2) is 34.9 Å². The Morgan fingerprint density at radius 1 is 1.06 bits per heavy atom. The number of amides is 1. The van der Waals surface area contributed by atoms with Crippen LogP contribution in [0.1, 0.15) is 45.9 Å². The van der Waals surface area contributed by atoms with Crippen LogP contribution in [0.2, 0.25) is 0 Å². The first-order valence-corrected chi connectivity index (χ1v) is 10.5. The van der Waals surface area contributed by atoms with E-state index in [2.05, 4.69) is 21.3 Å². The summed E-state index contributed by atoms with van der Waals surface area (Å²) in [6.07, 6.45) is 4.92. The van der Waals surface area contributed by atoms with Crippen LogP contribution in [0, 0.1) is 23.0 Å². The molecule has 3 aromatic rings. The largest absolute Gasteiger partial charge is 0.349 e. The lowest BCUT2D eigenvalue weighted by atomic mass is 9.94. The quantitative estimate of drug-likeness (QED) is 0.656. The lowest BCUT2D eigenvalue weighted by molar-refractivity contribution is 0.0895. The van der Waals surface area contributed by atoms with Gasteiger partial charge in [0.15, 0.2) is 11.6 Å². The third-order valence-corrected chi connectivity index (χ3v) is 5.78. The second-order valence-corrected chi connectivity index (χ2v) is 7.81. The van der Waals surface area contributed by atoms with Crippen LogP contribution < -0.4 is 5.32 Å². The highest BCUT2D eigenvalue weighted by atomic mass is 19.2. The molecule has 1 unspecified atom stereocenters.